The maximum Gasteiger partial charge on any atom is 0.256 e. The molecule has 0 aliphatic carbocycles. The van der Waals surface area contributed by atoms with Crippen LogP contribution >= 0.6 is 0 Å². The molecule has 0 fully saturated rings. The number of nitrogens with zero attached hydrogens (tertiary/aromatic N) is 3. The maximum atomic E-state index is 7.16. The SMILES string of the molecule is CC(N[n+]1cc([NH-])on1)c1ccccn1. The van der Waals surface area contributed by atoms with Gasteiger partial charge < -0.3 is 10.3 Å². The van der Waals surface area contributed by atoms with Crippen LogP contribution in [0.1, 0.15) is 18.7 Å². The third kappa shape index (κ3) is 2.22. The number of rotatable bonds is 3. The van der Waals surface area contributed by atoms with Gasteiger partial charge in [0.25, 0.3) is 6.20 Å². The van der Waals surface area contributed by atoms with E-state index < -0.39 is 0 Å². The Morgan fingerprint density at radius 2 is 2.40 bits per heavy atom. The molecule has 0 spiro atoms. The van der Waals surface area contributed by atoms with Crippen LogP contribution in [-0.4, -0.2) is 10.3 Å². The summed E-state index contributed by atoms with van der Waals surface area (Å²) < 4.78 is 4.60. The fourth-order valence-corrected chi connectivity index (χ4v) is 1.20. The van der Waals surface area contributed by atoms with Crippen molar-refractivity contribution in [2.45, 2.75) is 13.0 Å². The molecule has 0 aliphatic heterocycles. The van der Waals surface area contributed by atoms with Gasteiger partial charge in [-0.3, -0.25) is 4.98 Å². The molecular weight excluding hydrogens is 194 g/mol. The molecule has 0 amide bonds. The van der Waals surface area contributed by atoms with Crippen LogP contribution in [0.5, 0.6) is 0 Å². The Balaban J connectivity index is 2.07. The van der Waals surface area contributed by atoms with Crippen LogP contribution in [0.25, 0.3) is 5.73 Å². The minimum absolute atomic E-state index is 0.000648. The summed E-state index contributed by atoms with van der Waals surface area (Å²) in [5.41, 5.74) is 11.1. The zero-order valence-electron chi connectivity index (χ0n) is 8.21. The zero-order valence-corrected chi connectivity index (χ0v) is 8.21. The number of hydrogen-bond acceptors (Lipinski definition) is 4. The molecule has 2 heterocycles. The first-order valence-electron chi connectivity index (χ1n) is 4.53. The lowest BCUT2D eigenvalue weighted by atomic mass is 10.2. The van der Waals surface area contributed by atoms with Crippen molar-refractivity contribution in [2.75, 3.05) is 5.43 Å². The highest BCUT2D eigenvalue weighted by molar-refractivity contribution is 5.19. The molecule has 15 heavy (non-hydrogen) atoms. The normalized spacial score (nSPS) is 12.3. The molecule has 6 heteroatoms. The quantitative estimate of drug-likeness (QED) is 0.767. The number of pyridine rings is 1. The Morgan fingerprint density at radius 1 is 1.53 bits per heavy atom. The molecule has 0 saturated carbocycles. The Bertz CT molecular complexity index is 427. The van der Waals surface area contributed by atoms with E-state index in [1.54, 1.807) is 6.20 Å². The predicted octanol–water partition coefficient (Wildman–Crippen LogP) is 1.35. The van der Waals surface area contributed by atoms with E-state index in [4.69, 9.17) is 5.73 Å². The summed E-state index contributed by atoms with van der Waals surface area (Å²) in [6, 6.07) is 5.70. The van der Waals surface area contributed by atoms with Crippen molar-refractivity contribution in [1.29, 1.82) is 0 Å². The lowest BCUT2D eigenvalue weighted by Crippen LogP contribution is -2.47. The lowest BCUT2D eigenvalue weighted by molar-refractivity contribution is -0.722. The molecule has 2 N–H and O–H groups in total. The van der Waals surface area contributed by atoms with Gasteiger partial charge in [0, 0.05) is 6.20 Å². The molecule has 0 aliphatic rings. The maximum absolute atomic E-state index is 7.16. The van der Waals surface area contributed by atoms with E-state index in [2.05, 4.69) is 20.2 Å². The first-order chi connectivity index (χ1) is 7.25. The van der Waals surface area contributed by atoms with E-state index in [1.165, 1.54) is 11.0 Å². The van der Waals surface area contributed by atoms with E-state index in [9.17, 15) is 0 Å². The summed E-state index contributed by atoms with van der Waals surface area (Å²) in [5.74, 6) is 0.00993. The summed E-state index contributed by atoms with van der Waals surface area (Å²) >= 11 is 0. The van der Waals surface area contributed by atoms with Crippen molar-refractivity contribution in [3.05, 3.63) is 42.0 Å². The molecule has 0 bridgehead atoms. The standard InChI is InChI=1S/C9H11N5O/c1-7(8-4-2-3-5-11-8)12-14-6-9(10)15-13-14/h2-7,10H,1H3,(H,12,13). The molecule has 2 aromatic rings. The van der Waals surface area contributed by atoms with Gasteiger partial charge in [-0.15, -0.1) is 0 Å². The van der Waals surface area contributed by atoms with E-state index in [0.29, 0.717) is 0 Å². The third-order valence-corrected chi connectivity index (χ3v) is 1.92. The van der Waals surface area contributed by atoms with E-state index in [0.717, 1.165) is 5.69 Å². The highest BCUT2D eigenvalue weighted by Gasteiger charge is 2.13. The van der Waals surface area contributed by atoms with Gasteiger partial charge in [0.1, 0.15) is 11.9 Å². The average molecular weight is 205 g/mol. The fourth-order valence-electron chi connectivity index (χ4n) is 1.20. The van der Waals surface area contributed by atoms with Crippen molar-refractivity contribution >= 4 is 5.88 Å². The van der Waals surface area contributed by atoms with Crippen molar-refractivity contribution in [2.24, 2.45) is 0 Å². The first kappa shape index (κ1) is 9.45. The Hall–Kier alpha value is -2.11. The van der Waals surface area contributed by atoms with Gasteiger partial charge in [-0.1, -0.05) is 6.07 Å². The third-order valence-electron chi connectivity index (χ3n) is 1.92. The molecule has 1 unspecified atom stereocenters. The summed E-state index contributed by atoms with van der Waals surface area (Å²) in [5, 5.41) is 3.60. The second-order valence-corrected chi connectivity index (χ2v) is 3.12. The molecule has 0 radical (unpaired) electrons. The summed E-state index contributed by atoms with van der Waals surface area (Å²) in [7, 11) is 0. The minimum atomic E-state index is 0.000648. The van der Waals surface area contributed by atoms with Crippen LogP contribution in [0.3, 0.4) is 0 Å². The van der Waals surface area contributed by atoms with Gasteiger partial charge in [-0.25, -0.2) is 0 Å². The molecule has 78 valence electrons. The molecule has 6 nitrogen and oxygen atoms in total. The largest absolute Gasteiger partial charge is 0.660 e. The first-order valence-corrected chi connectivity index (χ1v) is 4.53. The number of aromatic nitrogens is 3. The van der Waals surface area contributed by atoms with Crippen molar-refractivity contribution in [3.63, 3.8) is 0 Å². The average Bonchev–Trinajstić information content (AvgIpc) is 2.65. The molecule has 2 rings (SSSR count). The Labute approximate surface area is 86.7 Å². The topological polar surface area (TPSA) is 78.6 Å². The van der Waals surface area contributed by atoms with E-state index in [-0.39, 0.29) is 11.9 Å². The van der Waals surface area contributed by atoms with Crippen LogP contribution in [0.2, 0.25) is 0 Å². The van der Waals surface area contributed by atoms with Gasteiger partial charge in [-0.05, 0) is 19.1 Å². The van der Waals surface area contributed by atoms with E-state index in [1.807, 2.05) is 25.1 Å². The van der Waals surface area contributed by atoms with Gasteiger partial charge in [0.15, 0.2) is 0 Å². The summed E-state index contributed by atoms with van der Waals surface area (Å²) in [4.78, 5) is 5.56. The molecule has 1 atom stereocenters. The zero-order chi connectivity index (χ0) is 10.7. The van der Waals surface area contributed by atoms with Crippen molar-refractivity contribution in [1.82, 2.24) is 10.3 Å². The Morgan fingerprint density at radius 3 is 3.00 bits per heavy atom. The monoisotopic (exact) mass is 205 g/mol. The van der Waals surface area contributed by atoms with Crippen LogP contribution in [0, 0.1) is 0 Å². The Kier molecular flexibility index (Phi) is 2.49. The second-order valence-electron chi connectivity index (χ2n) is 3.12. The van der Waals surface area contributed by atoms with Crippen molar-refractivity contribution < 1.29 is 9.31 Å². The van der Waals surface area contributed by atoms with Gasteiger partial charge in [0.05, 0.1) is 10.5 Å². The number of nitrogens with one attached hydrogen (secondary N) is 2. The molecule has 0 aromatic carbocycles. The van der Waals surface area contributed by atoms with Crippen LogP contribution in [-0.2, 0) is 0 Å². The van der Waals surface area contributed by atoms with Crippen LogP contribution in [0.15, 0.2) is 35.1 Å². The number of hydrogen-bond donors (Lipinski definition) is 1. The highest BCUT2D eigenvalue weighted by Crippen LogP contribution is 2.08. The van der Waals surface area contributed by atoms with Crippen molar-refractivity contribution in [3.8, 4) is 0 Å². The second kappa shape index (κ2) is 3.95. The molecule has 0 saturated heterocycles. The van der Waals surface area contributed by atoms with Crippen LogP contribution in [0.4, 0.5) is 5.88 Å². The molecule has 2 aromatic heterocycles. The van der Waals surface area contributed by atoms with Gasteiger partial charge in [-0.2, -0.15) is 5.43 Å². The highest BCUT2D eigenvalue weighted by atomic mass is 16.5. The molecular formula is C9H11N5O. The summed E-state index contributed by atoms with van der Waals surface area (Å²) in [6.07, 6.45) is 3.18. The van der Waals surface area contributed by atoms with Gasteiger partial charge >= 0.3 is 0 Å². The smallest absolute Gasteiger partial charge is 0.256 e. The fraction of sp³-hybridized carbons (Fsp3) is 0.222. The minimum Gasteiger partial charge on any atom is -0.660 e. The van der Waals surface area contributed by atoms with E-state index >= 15 is 0 Å². The van der Waals surface area contributed by atoms with Gasteiger partial charge in [0.2, 0.25) is 5.27 Å². The summed E-state index contributed by atoms with van der Waals surface area (Å²) in [6.45, 7) is 1.95. The lowest BCUT2D eigenvalue weighted by Gasteiger charge is -2.05. The van der Waals surface area contributed by atoms with Crippen LogP contribution < -0.4 is 10.2 Å². The predicted molar refractivity (Wildman–Crippen MR) is 52.7 cm³/mol.